The predicted octanol–water partition coefficient (Wildman–Crippen LogP) is -0.576. The molecule has 0 radical (unpaired) electrons. The van der Waals surface area contributed by atoms with E-state index in [0.29, 0.717) is 0 Å². The number of amidine groups is 1. The average molecular weight is 304 g/mol. The molecule has 5 atom stereocenters. The molecule has 1 fully saturated rings. The van der Waals surface area contributed by atoms with Crippen LogP contribution < -0.4 is 5.73 Å². The maximum Gasteiger partial charge on any atom is 0.417 e. The van der Waals surface area contributed by atoms with Gasteiger partial charge in [0.1, 0.15) is 17.6 Å². The topological polar surface area (TPSA) is 108 Å². The quantitative estimate of drug-likeness (QED) is 0.402. The van der Waals surface area contributed by atoms with E-state index in [-0.39, 0.29) is 11.6 Å². The van der Waals surface area contributed by atoms with Crippen LogP contribution in [0.2, 0.25) is 0 Å². The van der Waals surface area contributed by atoms with Crippen molar-refractivity contribution in [3.05, 3.63) is 0 Å². The van der Waals surface area contributed by atoms with Crippen LogP contribution in [0, 0.1) is 0 Å². The van der Waals surface area contributed by atoms with Crippen molar-refractivity contribution in [2.45, 2.75) is 42.4 Å². The molecule has 0 aromatic carbocycles. The van der Waals surface area contributed by atoms with Crippen LogP contribution >= 0.6 is 11.8 Å². The van der Waals surface area contributed by atoms with Crippen LogP contribution in [-0.2, 0) is 4.74 Å². The minimum atomic E-state index is -4.96. The van der Waals surface area contributed by atoms with Gasteiger partial charge in [-0.15, -0.1) is 0 Å². The summed E-state index contributed by atoms with van der Waals surface area (Å²) in [5, 5.41) is 28.2. The molecule has 0 bridgehead atoms. The molecule has 1 heterocycles. The second kappa shape index (κ2) is 6.27. The van der Waals surface area contributed by atoms with E-state index >= 15 is 0 Å². The molecule has 5 unspecified atom stereocenters. The Hall–Kier alpha value is -0.550. The third-order valence-corrected chi connectivity index (χ3v) is 3.58. The van der Waals surface area contributed by atoms with Gasteiger partial charge in [0.05, 0.1) is 6.10 Å². The van der Waals surface area contributed by atoms with E-state index in [9.17, 15) is 23.4 Å². The van der Waals surface area contributed by atoms with Crippen LogP contribution in [0.25, 0.3) is 0 Å². The Kier molecular flexibility index (Phi) is 5.44. The Bertz CT molecular complexity index is 342. The number of aliphatic hydroxyl groups is 3. The Balaban J connectivity index is 2.79. The number of ether oxygens (including phenoxy) is 1. The number of nitrogens with zero attached hydrogens (tertiary/aromatic N) is 1. The molecule has 6 nitrogen and oxygen atoms in total. The third kappa shape index (κ3) is 4.21. The second-order valence-electron chi connectivity index (χ2n) is 3.99. The van der Waals surface area contributed by atoms with Crippen molar-refractivity contribution in [2.75, 3.05) is 7.05 Å². The van der Waals surface area contributed by atoms with Crippen LogP contribution in [-0.4, -0.2) is 63.6 Å². The standard InChI is InChI=1S/C9H15F3N2O4S/c1-14-8(13)19-4-2-3(15)5(16)6(18-4)7(17)9(10,11)12/h3-7,15-17H,2H2,1H3,(H2,13,14). The van der Waals surface area contributed by atoms with Crippen LogP contribution in [0.1, 0.15) is 6.42 Å². The third-order valence-electron chi connectivity index (χ3n) is 2.59. The van der Waals surface area contributed by atoms with Gasteiger partial charge in [-0.05, 0) is 0 Å². The fourth-order valence-electron chi connectivity index (χ4n) is 1.58. The minimum absolute atomic E-state index is 0.0637. The highest BCUT2D eigenvalue weighted by Gasteiger charge is 2.51. The Labute approximate surface area is 111 Å². The normalized spacial score (nSPS) is 35.2. The van der Waals surface area contributed by atoms with Crippen LogP contribution in [0.3, 0.4) is 0 Å². The first-order valence-electron chi connectivity index (χ1n) is 5.32. The van der Waals surface area contributed by atoms with Crippen LogP contribution in [0.4, 0.5) is 13.2 Å². The average Bonchev–Trinajstić information content (AvgIpc) is 2.31. The number of halogens is 3. The van der Waals surface area contributed by atoms with Gasteiger partial charge in [0, 0.05) is 13.5 Å². The molecule has 10 heteroatoms. The van der Waals surface area contributed by atoms with Crippen molar-refractivity contribution >= 4 is 16.9 Å². The van der Waals surface area contributed by atoms with Crippen molar-refractivity contribution < 1.29 is 33.2 Å². The first kappa shape index (κ1) is 16.5. The second-order valence-corrected chi connectivity index (χ2v) is 5.17. The van der Waals surface area contributed by atoms with Gasteiger partial charge in [0.2, 0.25) is 0 Å². The minimum Gasteiger partial charge on any atom is -0.390 e. The SMILES string of the molecule is CN=C(N)SC1CC(O)C(O)C(C(O)C(F)(F)F)O1. The maximum absolute atomic E-state index is 12.4. The molecule has 0 spiro atoms. The van der Waals surface area contributed by atoms with Crippen molar-refractivity contribution in [1.82, 2.24) is 0 Å². The van der Waals surface area contributed by atoms with E-state index in [1.165, 1.54) is 7.05 Å². The van der Waals surface area contributed by atoms with E-state index in [4.69, 9.17) is 15.6 Å². The largest absolute Gasteiger partial charge is 0.417 e. The molecule has 19 heavy (non-hydrogen) atoms. The molecule has 1 saturated heterocycles. The number of nitrogens with two attached hydrogens (primary N) is 1. The number of aliphatic hydroxyl groups excluding tert-OH is 3. The van der Waals surface area contributed by atoms with Crippen molar-refractivity contribution in [3.63, 3.8) is 0 Å². The summed E-state index contributed by atoms with van der Waals surface area (Å²) in [6, 6.07) is 0. The molecule has 1 aliphatic rings. The molecular weight excluding hydrogens is 289 g/mol. The van der Waals surface area contributed by atoms with Gasteiger partial charge < -0.3 is 25.8 Å². The van der Waals surface area contributed by atoms with Crippen molar-refractivity contribution in [2.24, 2.45) is 10.7 Å². The fraction of sp³-hybridized carbons (Fsp3) is 0.889. The number of hydrogen-bond donors (Lipinski definition) is 4. The predicted molar refractivity (Wildman–Crippen MR) is 62.5 cm³/mol. The summed E-state index contributed by atoms with van der Waals surface area (Å²) >= 11 is 0.814. The lowest BCUT2D eigenvalue weighted by Gasteiger charge is -2.39. The molecule has 1 rings (SSSR count). The number of aliphatic imine (C=N–C) groups is 1. The fourth-order valence-corrected chi connectivity index (χ4v) is 2.43. The van der Waals surface area contributed by atoms with Gasteiger partial charge in [-0.1, -0.05) is 11.8 Å². The van der Waals surface area contributed by atoms with Gasteiger partial charge in [-0.3, -0.25) is 4.99 Å². The smallest absolute Gasteiger partial charge is 0.390 e. The number of rotatable bonds is 2. The van der Waals surface area contributed by atoms with Crippen molar-refractivity contribution in [1.29, 1.82) is 0 Å². The molecule has 1 aliphatic heterocycles. The van der Waals surface area contributed by atoms with Gasteiger partial charge in [0.15, 0.2) is 11.3 Å². The number of alkyl halides is 3. The summed E-state index contributed by atoms with van der Waals surface area (Å²) in [5.74, 6) is 0. The summed E-state index contributed by atoms with van der Waals surface area (Å²) in [6.45, 7) is 0. The van der Waals surface area contributed by atoms with E-state index in [0.717, 1.165) is 11.8 Å². The first-order valence-corrected chi connectivity index (χ1v) is 6.20. The van der Waals surface area contributed by atoms with Gasteiger partial charge >= 0.3 is 6.18 Å². The summed E-state index contributed by atoms with van der Waals surface area (Å²) in [6.07, 6.45) is -13.2. The van der Waals surface area contributed by atoms with Gasteiger partial charge in [-0.2, -0.15) is 13.2 Å². The summed E-state index contributed by atoms with van der Waals surface area (Å²) in [5.41, 5.74) is 4.47. The lowest BCUT2D eigenvalue weighted by Crippen LogP contribution is -2.56. The monoisotopic (exact) mass is 304 g/mol. The van der Waals surface area contributed by atoms with Crippen molar-refractivity contribution in [3.8, 4) is 0 Å². The highest BCUT2D eigenvalue weighted by Crippen LogP contribution is 2.34. The zero-order valence-electron chi connectivity index (χ0n) is 9.91. The molecule has 0 aromatic heterocycles. The van der Waals surface area contributed by atoms with E-state index in [2.05, 4.69) is 4.99 Å². The highest BCUT2D eigenvalue weighted by atomic mass is 32.2. The van der Waals surface area contributed by atoms with Gasteiger partial charge in [-0.25, -0.2) is 0 Å². The van der Waals surface area contributed by atoms with Gasteiger partial charge in [0.25, 0.3) is 0 Å². The number of thioether (sulfide) groups is 1. The van der Waals surface area contributed by atoms with E-state index in [1.807, 2.05) is 0 Å². The Morgan fingerprint density at radius 3 is 2.53 bits per heavy atom. The zero-order valence-corrected chi connectivity index (χ0v) is 10.7. The van der Waals surface area contributed by atoms with Crippen LogP contribution in [0.15, 0.2) is 4.99 Å². The molecule has 5 N–H and O–H groups in total. The zero-order chi connectivity index (χ0) is 14.8. The lowest BCUT2D eigenvalue weighted by atomic mass is 9.98. The highest BCUT2D eigenvalue weighted by molar-refractivity contribution is 8.14. The maximum atomic E-state index is 12.4. The summed E-state index contributed by atoms with van der Waals surface area (Å²) < 4.78 is 42.2. The molecule has 0 saturated carbocycles. The van der Waals surface area contributed by atoms with E-state index in [1.54, 1.807) is 0 Å². The Morgan fingerprint density at radius 1 is 1.47 bits per heavy atom. The number of hydrogen-bond acceptors (Lipinski definition) is 6. The first-order chi connectivity index (χ1) is 8.66. The molecular formula is C9H15F3N2O4S. The summed E-state index contributed by atoms with van der Waals surface area (Å²) in [4.78, 5) is 3.59. The molecule has 0 aromatic rings. The lowest BCUT2D eigenvalue weighted by molar-refractivity contribution is -0.269. The van der Waals surface area contributed by atoms with E-state index < -0.39 is 36.0 Å². The Morgan fingerprint density at radius 2 is 2.05 bits per heavy atom. The van der Waals surface area contributed by atoms with Crippen LogP contribution in [0.5, 0.6) is 0 Å². The molecule has 0 aliphatic carbocycles. The molecule has 112 valence electrons. The summed E-state index contributed by atoms with van der Waals surface area (Å²) in [7, 11) is 1.39. The molecule has 0 amide bonds.